The van der Waals surface area contributed by atoms with Crippen molar-refractivity contribution in [2.45, 2.75) is 39.3 Å². The highest BCUT2D eigenvalue weighted by Gasteiger charge is 2.42. The van der Waals surface area contributed by atoms with Crippen LogP contribution in [0, 0.1) is 6.92 Å². The lowest BCUT2D eigenvalue weighted by molar-refractivity contribution is -0.137. The van der Waals surface area contributed by atoms with Gasteiger partial charge in [0.1, 0.15) is 0 Å². The average molecular weight is 1520 g/mol. The number of halogens is 9. The third kappa shape index (κ3) is 9.24. The molecule has 0 unspecified atom stereocenters. The number of amides is 8. The molecule has 0 fully saturated rings. The second-order valence-electron chi connectivity index (χ2n) is 24.9. The Labute approximate surface area is 594 Å². The Morgan fingerprint density at radius 3 is 0.889 bits per heavy atom. The van der Waals surface area contributed by atoms with Crippen LogP contribution in [0.15, 0.2) is 179 Å². The second-order valence-corrected chi connectivity index (χ2v) is 28.3. The highest BCUT2D eigenvalue weighted by Crippen LogP contribution is 2.55. The number of hydrogen-bond acceptors (Lipinski definition) is 8. The van der Waals surface area contributed by atoms with Crippen LogP contribution in [0.2, 0.25) is 20.1 Å². The molecule has 8 amide bonds. The van der Waals surface area contributed by atoms with E-state index in [1.807, 2.05) is 97.9 Å². The van der Waals surface area contributed by atoms with Crippen molar-refractivity contribution in [3.8, 4) is 0 Å². The Balaban J connectivity index is 0.000000149. The fourth-order valence-electron chi connectivity index (χ4n) is 15.0. The molecule has 482 valence electrons. The Kier molecular flexibility index (Phi) is 14.3. The van der Waals surface area contributed by atoms with Crippen molar-refractivity contribution in [3.63, 3.8) is 0 Å². The van der Waals surface area contributed by atoms with E-state index in [0.717, 1.165) is 50.1 Å². The molecule has 0 aromatic heterocycles. The van der Waals surface area contributed by atoms with E-state index < -0.39 is 59.0 Å². The van der Waals surface area contributed by atoms with Crippen LogP contribution in [0.4, 0.5) is 13.2 Å². The molecule has 12 nitrogen and oxygen atoms in total. The van der Waals surface area contributed by atoms with Gasteiger partial charge in [0, 0.05) is 127 Å². The lowest BCUT2D eigenvalue weighted by Gasteiger charge is -2.31. The summed E-state index contributed by atoms with van der Waals surface area (Å²) < 4.78 is 40.7. The van der Waals surface area contributed by atoms with Gasteiger partial charge in [-0.15, -0.1) is 0 Å². The zero-order valence-corrected chi connectivity index (χ0v) is 57.1. The van der Waals surface area contributed by atoms with Gasteiger partial charge in [0.15, 0.2) is 0 Å². The van der Waals surface area contributed by atoms with Crippen LogP contribution in [0.25, 0.3) is 86.2 Å². The predicted molar refractivity (Wildman–Crippen MR) is 383 cm³/mol. The molecule has 0 bridgehead atoms. The van der Waals surface area contributed by atoms with E-state index in [0.29, 0.717) is 101 Å². The van der Waals surface area contributed by atoms with E-state index in [4.69, 9.17) is 46.4 Å². The summed E-state index contributed by atoms with van der Waals surface area (Å²) in [7, 11) is 0. The summed E-state index contributed by atoms with van der Waals surface area (Å²) in [5.74, 6) is -3.93. The SMILES string of the molecule is Cc1ccc(CN2C(=O)c3ccc4c5c(Br)cc6c7c(ccc(c8c(Br)cc(c3c48)C2=O)c75)C(=O)N(Cc2ccc(C(F)(F)F)cc2)C6=O)cc1.O=C1c2cc(Cl)c3c4c(Cl)cc5c6c(cc(Cl)c(c7c(Cl)cc(c2c37)C(=O)N1Cc1ccccc1)c64)C(=O)N(Cc1ccccc1)C5=O. The number of imide groups is 4. The van der Waals surface area contributed by atoms with Crippen LogP contribution in [0.3, 0.4) is 0 Å². The Morgan fingerprint density at radius 1 is 0.303 bits per heavy atom. The van der Waals surface area contributed by atoms with E-state index in [-0.39, 0.29) is 79.7 Å². The summed E-state index contributed by atoms with van der Waals surface area (Å²) in [6.45, 7) is 2.01. The van der Waals surface area contributed by atoms with Gasteiger partial charge in [0.2, 0.25) is 0 Å². The van der Waals surface area contributed by atoms with Crippen molar-refractivity contribution in [1.82, 2.24) is 19.6 Å². The first kappa shape index (κ1) is 62.7. The first-order valence-corrected chi connectivity index (χ1v) is 33.9. The number of rotatable bonds is 8. The maximum atomic E-state index is 14.0. The minimum atomic E-state index is -4.51. The molecule has 0 saturated carbocycles. The highest BCUT2D eigenvalue weighted by atomic mass is 79.9. The van der Waals surface area contributed by atoms with Gasteiger partial charge >= 0.3 is 6.18 Å². The minimum Gasteiger partial charge on any atom is -0.270 e. The first-order valence-electron chi connectivity index (χ1n) is 30.8. The predicted octanol–water partition coefficient (Wildman–Crippen LogP) is 20.1. The third-order valence-corrected chi connectivity index (χ3v) is 21.8. The van der Waals surface area contributed by atoms with Crippen molar-refractivity contribution < 1.29 is 51.5 Å². The molecule has 0 radical (unpaired) electrons. The summed E-state index contributed by atoms with van der Waals surface area (Å²) in [4.78, 5) is 117. The Bertz CT molecular complexity index is 5820. The molecule has 0 aliphatic carbocycles. The number of fused-ring (bicyclic) bond motifs is 4. The first-order chi connectivity index (χ1) is 47.5. The summed E-state index contributed by atoms with van der Waals surface area (Å²) >= 11 is 35.7. The van der Waals surface area contributed by atoms with Crippen molar-refractivity contribution in [2.75, 3.05) is 0 Å². The van der Waals surface area contributed by atoms with Crippen LogP contribution in [0.1, 0.15) is 116 Å². The summed E-state index contributed by atoms with van der Waals surface area (Å²) in [5, 5.41) is 9.50. The topological polar surface area (TPSA) is 150 Å². The number of carbonyl (C=O) groups excluding carboxylic acids is 8. The molecule has 14 aromatic rings. The molecular weight excluding hydrogens is 1480 g/mol. The molecule has 21 heteroatoms. The van der Waals surface area contributed by atoms with Crippen LogP contribution < -0.4 is 0 Å². The van der Waals surface area contributed by atoms with Gasteiger partial charge < -0.3 is 0 Å². The molecule has 4 aliphatic rings. The third-order valence-electron chi connectivity index (χ3n) is 19.4. The Morgan fingerprint density at radius 2 is 0.576 bits per heavy atom. The molecule has 0 N–H and O–H groups in total. The number of carbonyl (C=O) groups is 8. The normalized spacial score (nSPS) is 14.6. The van der Waals surface area contributed by atoms with Gasteiger partial charge in [0.05, 0.1) is 54.0 Å². The largest absolute Gasteiger partial charge is 0.416 e. The lowest BCUT2D eigenvalue weighted by atomic mass is 9.82. The van der Waals surface area contributed by atoms with Gasteiger partial charge in [0.25, 0.3) is 47.3 Å². The molecule has 18 rings (SSSR count). The zero-order valence-electron chi connectivity index (χ0n) is 51.0. The number of benzene rings is 14. The maximum absolute atomic E-state index is 14.0. The fraction of sp³-hybridized carbons (Fsp3) is 0.0769. The minimum absolute atomic E-state index is 0.0624. The molecular formula is C78H39Br2Cl4F3N4O8. The number of aryl methyl sites for hydroxylation is 1. The quantitative estimate of drug-likeness (QED) is 0.0829. The van der Waals surface area contributed by atoms with Crippen molar-refractivity contribution in [3.05, 3.63) is 277 Å². The highest BCUT2D eigenvalue weighted by molar-refractivity contribution is 9.11. The van der Waals surface area contributed by atoms with E-state index in [9.17, 15) is 51.5 Å². The van der Waals surface area contributed by atoms with Gasteiger partial charge in [-0.2, -0.15) is 13.2 Å². The van der Waals surface area contributed by atoms with Crippen molar-refractivity contribution in [1.29, 1.82) is 0 Å². The molecule has 4 aliphatic heterocycles. The molecule has 14 aromatic carbocycles. The summed E-state index contributed by atoms with van der Waals surface area (Å²) in [6.07, 6.45) is -4.51. The molecule has 0 atom stereocenters. The molecule has 0 spiro atoms. The second kappa shape index (κ2) is 22.6. The fourth-order valence-corrected chi connectivity index (χ4v) is 17.5. The van der Waals surface area contributed by atoms with E-state index >= 15 is 0 Å². The number of hydrogen-bond donors (Lipinski definition) is 0. The standard InChI is InChI=1S/C40H21Br2F3N2O4.C38H18Cl4N2O4/c1-18-2-4-19(5-3-18)16-46-36(48)24-12-10-22-33-29(42)15-27-31-25(37(49)47(39(27)51)17-20-6-8-21(9-7-20)40(43,44)45)13-11-23(35(31)33)32-28(41)14-26(38(46)50)30(24)34(22)32;39-23-11-19-27-20(36(46)43(35(19)45)15-17-7-3-1-4-8-17)12-24(40)30-32-26(42)14-22-28-21(13-25(41)31(34(28)32)29(23)33(27)30)37(47)44(38(22)48)16-18-9-5-2-6-10-18/h2-15H,16-17H2,1H3;1-14H,15-16H2. The van der Waals surface area contributed by atoms with E-state index in [1.54, 1.807) is 54.6 Å². The maximum Gasteiger partial charge on any atom is 0.416 e. The molecule has 0 saturated heterocycles. The molecule has 99 heavy (non-hydrogen) atoms. The number of alkyl halides is 3. The van der Waals surface area contributed by atoms with Gasteiger partial charge in [-0.05, 0) is 101 Å². The van der Waals surface area contributed by atoms with Crippen molar-refractivity contribution in [2.24, 2.45) is 0 Å². The summed E-state index contributed by atoms with van der Waals surface area (Å²) in [6, 6.07) is 47.1. The number of nitrogens with zero attached hydrogens (tertiary/aromatic N) is 4. The Hall–Kier alpha value is -9.85. The van der Waals surface area contributed by atoms with Crippen molar-refractivity contribution >= 4 is 212 Å². The van der Waals surface area contributed by atoms with E-state index in [2.05, 4.69) is 31.9 Å². The average Bonchev–Trinajstić information content (AvgIpc) is 0.684. The van der Waals surface area contributed by atoms with Gasteiger partial charge in [-0.1, -0.05) is 193 Å². The zero-order chi connectivity index (χ0) is 68.8. The van der Waals surface area contributed by atoms with Crippen LogP contribution in [-0.2, 0) is 32.4 Å². The smallest absolute Gasteiger partial charge is 0.270 e. The molecule has 4 heterocycles. The summed E-state index contributed by atoms with van der Waals surface area (Å²) in [5.41, 5.74) is 5.32. The van der Waals surface area contributed by atoms with E-state index in [1.165, 1.54) is 26.8 Å². The monoisotopic (exact) mass is 1510 g/mol. The van der Waals surface area contributed by atoms with Crippen LogP contribution in [0.5, 0.6) is 0 Å². The lowest BCUT2D eigenvalue weighted by Crippen LogP contribution is -2.40. The van der Waals surface area contributed by atoms with Crippen LogP contribution >= 0.6 is 78.3 Å². The van der Waals surface area contributed by atoms with Gasteiger partial charge in [-0.3, -0.25) is 58.0 Å². The van der Waals surface area contributed by atoms with Crippen LogP contribution in [-0.4, -0.2) is 66.9 Å². The van der Waals surface area contributed by atoms with Gasteiger partial charge in [-0.25, -0.2) is 0 Å².